The number of hydrogen-bond donors (Lipinski definition) is 2. The zero-order valence-corrected chi connectivity index (χ0v) is 12.2. The lowest BCUT2D eigenvalue weighted by molar-refractivity contribution is 0.919. The van der Waals surface area contributed by atoms with Crippen LogP contribution in [0.5, 0.6) is 0 Å². The lowest BCUT2D eigenvalue weighted by Gasteiger charge is -2.21. The van der Waals surface area contributed by atoms with Crippen LogP contribution in [-0.4, -0.2) is 6.21 Å². The molecule has 3 nitrogen and oxygen atoms in total. The van der Waals surface area contributed by atoms with E-state index in [1.54, 1.807) is 6.21 Å². The Balaban J connectivity index is 2.15. The summed E-state index contributed by atoms with van der Waals surface area (Å²) in [6, 6.07) is 6.27. The van der Waals surface area contributed by atoms with Crippen molar-refractivity contribution in [1.29, 1.82) is 0 Å². The third-order valence-corrected chi connectivity index (χ3v) is 3.26. The molecule has 1 aliphatic heterocycles. The van der Waals surface area contributed by atoms with E-state index in [0.717, 1.165) is 41.3 Å². The maximum Gasteiger partial charge on any atom is 0.0811 e. The molecule has 1 aromatic rings. The molecule has 0 amide bonds. The second kappa shape index (κ2) is 6.24. The smallest absolute Gasteiger partial charge is 0.0811 e. The Labute approximate surface area is 120 Å². The number of nitrogens with one attached hydrogen (secondary N) is 2. The minimum atomic E-state index is 0.804. The molecule has 0 unspecified atom stereocenters. The molecular formula is C17H21N3. The van der Waals surface area contributed by atoms with Crippen LogP contribution >= 0.6 is 0 Å². The maximum absolute atomic E-state index is 4.29. The average molecular weight is 267 g/mol. The molecule has 1 aromatic carbocycles. The van der Waals surface area contributed by atoms with Crippen LogP contribution in [0.3, 0.4) is 0 Å². The van der Waals surface area contributed by atoms with Crippen molar-refractivity contribution in [2.75, 3.05) is 10.6 Å². The number of rotatable bonds is 4. The third kappa shape index (κ3) is 3.18. The van der Waals surface area contributed by atoms with Crippen LogP contribution in [0.15, 0.2) is 59.5 Å². The Morgan fingerprint density at radius 3 is 2.85 bits per heavy atom. The van der Waals surface area contributed by atoms with Gasteiger partial charge in [0.2, 0.25) is 0 Å². The van der Waals surface area contributed by atoms with Gasteiger partial charge in [-0.25, -0.2) is 0 Å². The van der Waals surface area contributed by atoms with Gasteiger partial charge in [0.15, 0.2) is 0 Å². The number of anilines is 2. The van der Waals surface area contributed by atoms with Crippen molar-refractivity contribution in [3.63, 3.8) is 0 Å². The summed E-state index contributed by atoms with van der Waals surface area (Å²) in [5, 5.41) is 6.63. The van der Waals surface area contributed by atoms with E-state index < -0.39 is 0 Å². The largest absolute Gasteiger partial charge is 0.359 e. The molecule has 2 rings (SSSR count). The first-order valence-corrected chi connectivity index (χ1v) is 6.83. The fourth-order valence-corrected chi connectivity index (χ4v) is 2.24. The molecule has 0 atom stereocenters. The summed E-state index contributed by atoms with van der Waals surface area (Å²) < 4.78 is 0. The first-order chi connectivity index (χ1) is 9.63. The lowest BCUT2D eigenvalue weighted by Crippen LogP contribution is -2.09. The Kier molecular flexibility index (Phi) is 4.41. The first-order valence-electron chi connectivity index (χ1n) is 6.83. The summed E-state index contributed by atoms with van der Waals surface area (Å²) in [7, 11) is 0. The minimum absolute atomic E-state index is 0.804. The summed E-state index contributed by atoms with van der Waals surface area (Å²) >= 11 is 0. The number of benzene rings is 1. The molecule has 0 bridgehead atoms. The number of fused-ring (bicyclic) bond motifs is 1. The molecule has 1 aliphatic rings. The minimum Gasteiger partial charge on any atom is -0.359 e. The van der Waals surface area contributed by atoms with E-state index in [0.29, 0.717) is 0 Å². The molecule has 1 heterocycles. The number of hydrogen-bond acceptors (Lipinski definition) is 3. The van der Waals surface area contributed by atoms with Gasteiger partial charge < -0.3 is 10.6 Å². The maximum atomic E-state index is 4.29. The predicted molar refractivity (Wildman–Crippen MR) is 88.2 cm³/mol. The number of nitrogens with zero attached hydrogens (tertiary/aromatic N) is 1. The summed E-state index contributed by atoms with van der Waals surface area (Å²) in [6.07, 6.45) is 5.72. The number of aryl methyl sites for hydroxylation is 1. The molecule has 2 N–H and O–H groups in total. The summed E-state index contributed by atoms with van der Waals surface area (Å²) in [6.45, 7) is 11.9. The molecular weight excluding hydrogens is 246 g/mol. The topological polar surface area (TPSA) is 36.4 Å². The van der Waals surface area contributed by atoms with Gasteiger partial charge in [0, 0.05) is 23.3 Å². The van der Waals surface area contributed by atoms with Gasteiger partial charge in [0.05, 0.1) is 11.4 Å². The van der Waals surface area contributed by atoms with Gasteiger partial charge in [-0.3, -0.25) is 4.99 Å². The highest BCUT2D eigenvalue weighted by atomic mass is 14.9. The highest BCUT2D eigenvalue weighted by Crippen LogP contribution is 2.29. The van der Waals surface area contributed by atoms with Gasteiger partial charge in [-0.05, 0) is 50.5 Å². The van der Waals surface area contributed by atoms with Gasteiger partial charge >= 0.3 is 0 Å². The summed E-state index contributed by atoms with van der Waals surface area (Å²) in [4.78, 5) is 4.29. The predicted octanol–water partition coefficient (Wildman–Crippen LogP) is 4.48. The molecule has 0 aliphatic carbocycles. The Bertz CT molecular complexity index is 594. The fourth-order valence-electron chi connectivity index (χ4n) is 2.24. The van der Waals surface area contributed by atoms with Crippen molar-refractivity contribution in [2.45, 2.75) is 26.7 Å². The van der Waals surface area contributed by atoms with Gasteiger partial charge in [-0.15, -0.1) is 0 Å². The SMILES string of the molecule is C=C1CCc2cc(NC(=C)/C(=C/C)N=CC)ccc2N1. The van der Waals surface area contributed by atoms with Gasteiger partial charge in [-0.2, -0.15) is 0 Å². The van der Waals surface area contributed by atoms with Crippen LogP contribution in [0, 0.1) is 0 Å². The molecule has 0 saturated heterocycles. The molecule has 20 heavy (non-hydrogen) atoms. The van der Waals surface area contributed by atoms with Gasteiger partial charge in [-0.1, -0.05) is 19.2 Å². The molecule has 0 spiro atoms. The van der Waals surface area contributed by atoms with Crippen molar-refractivity contribution in [3.8, 4) is 0 Å². The molecule has 0 saturated carbocycles. The standard InChI is InChI=1S/C17H21N3/c1-5-16(18-6-2)13(4)20-15-9-10-17-14(11-15)8-7-12(3)19-17/h5-6,9-11,19-20H,3-4,7-8H2,1-2H3/b16-5-,18-6?. The van der Waals surface area contributed by atoms with E-state index in [4.69, 9.17) is 0 Å². The van der Waals surface area contributed by atoms with E-state index in [2.05, 4.69) is 40.9 Å². The van der Waals surface area contributed by atoms with E-state index in [1.807, 2.05) is 26.0 Å². The zero-order valence-electron chi connectivity index (χ0n) is 12.2. The van der Waals surface area contributed by atoms with E-state index in [9.17, 15) is 0 Å². The number of allylic oxidation sites excluding steroid dienone is 2. The normalized spacial score (nSPS) is 14.9. The fraction of sp³-hybridized carbons (Fsp3) is 0.235. The van der Waals surface area contributed by atoms with Crippen molar-refractivity contribution in [2.24, 2.45) is 4.99 Å². The van der Waals surface area contributed by atoms with Crippen LogP contribution in [0.4, 0.5) is 11.4 Å². The molecule has 104 valence electrons. The molecule has 0 fully saturated rings. The number of aliphatic imine (C=N–C) groups is 1. The average Bonchev–Trinajstić information content (AvgIpc) is 2.44. The van der Waals surface area contributed by atoms with Crippen LogP contribution in [0.25, 0.3) is 0 Å². The third-order valence-electron chi connectivity index (χ3n) is 3.26. The monoisotopic (exact) mass is 267 g/mol. The van der Waals surface area contributed by atoms with E-state index >= 15 is 0 Å². The second-order valence-corrected chi connectivity index (χ2v) is 4.77. The van der Waals surface area contributed by atoms with E-state index in [-0.39, 0.29) is 0 Å². The van der Waals surface area contributed by atoms with Crippen molar-refractivity contribution < 1.29 is 0 Å². The highest BCUT2D eigenvalue weighted by Gasteiger charge is 2.11. The Morgan fingerprint density at radius 1 is 1.35 bits per heavy atom. The molecule has 0 aromatic heterocycles. The van der Waals surface area contributed by atoms with Crippen LogP contribution in [0.1, 0.15) is 25.8 Å². The zero-order chi connectivity index (χ0) is 14.5. The Hall–Kier alpha value is -2.29. The molecule has 3 heteroatoms. The lowest BCUT2D eigenvalue weighted by atomic mass is 10.0. The van der Waals surface area contributed by atoms with Crippen molar-refractivity contribution in [1.82, 2.24) is 0 Å². The molecule has 0 radical (unpaired) electrons. The summed E-state index contributed by atoms with van der Waals surface area (Å²) in [5.41, 5.74) is 6.23. The van der Waals surface area contributed by atoms with Gasteiger partial charge in [0.25, 0.3) is 0 Å². The Morgan fingerprint density at radius 2 is 2.15 bits per heavy atom. The summed E-state index contributed by atoms with van der Waals surface area (Å²) in [5.74, 6) is 0. The van der Waals surface area contributed by atoms with Crippen molar-refractivity contribution in [3.05, 3.63) is 60.1 Å². The second-order valence-electron chi connectivity index (χ2n) is 4.77. The van der Waals surface area contributed by atoms with Crippen LogP contribution < -0.4 is 10.6 Å². The van der Waals surface area contributed by atoms with E-state index in [1.165, 1.54) is 5.56 Å². The quantitative estimate of drug-likeness (QED) is 0.623. The van der Waals surface area contributed by atoms with Crippen molar-refractivity contribution >= 4 is 17.6 Å². The van der Waals surface area contributed by atoms with Gasteiger partial charge in [0.1, 0.15) is 0 Å². The van der Waals surface area contributed by atoms with Crippen LogP contribution in [-0.2, 0) is 6.42 Å². The first kappa shape index (κ1) is 14.1. The van der Waals surface area contributed by atoms with Crippen LogP contribution in [0.2, 0.25) is 0 Å². The highest BCUT2D eigenvalue weighted by molar-refractivity contribution is 5.66.